The minimum Gasteiger partial charge on any atom is -0.443 e. The molecule has 0 spiro atoms. The first-order valence-corrected chi connectivity index (χ1v) is 2.36. The first-order chi connectivity index (χ1) is 3.33. The second-order valence-corrected chi connectivity index (χ2v) is 1.10. The molecule has 0 aliphatic heterocycles. The molecule has 0 fully saturated rings. The van der Waals surface area contributed by atoms with Gasteiger partial charge in [0.25, 0.3) is 6.26 Å². The van der Waals surface area contributed by atoms with E-state index in [1.807, 2.05) is 0 Å². The first kappa shape index (κ1) is 9.56. The molecule has 0 saturated carbocycles. The second kappa shape index (κ2) is 18.6. The third-order valence-electron chi connectivity index (χ3n) is 0.500. The summed E-state index contributed by atoms with van der Waals surface area (Å²) in [6.07, 6.45) is 3.39. The highest BCUT2D eigenvalue weighted by Crippen LogP contribution is 1.76. The van der Waals surface area contributed by atoms with E-state index in [9.17, 15) is 0 Å². The second-order valence-electron chi connectivity index (χ2n) is 1.10. The first-order valence-electron chi connectivity index (χ1n) is 2.36. The fourth-order valence-electron chi connectivity index (χ4n) is 0. The van der Waals surface area contributed by atoms with Gasteiger partial charge in [0.15, 0.2) is 0 Å². The molecule has 0 heterocycles. The van der Waals surface area contributed by atoms with Gasteiger partial charge in [0.2, 0.25) is 0 Å². The summed E-state index contributed by atoms with van der Waals surface area (Å²) in [4.78, 5) is 0. The van der Waals surface area contributed by atoms with Gasteiger partial charge in [0.1, 0.15) is 0 Å². The Kier molecular flexibility index (Phi) is 25.4. The molecular weight excluding hydrogens is 90.1 g/mol. The molecular formula is C5H11NO. The van der Waals surface area contributed by atoms with Crippen molar-refractivity contribution >= 4 is 0 Å². The number of unbranched alkanes of at least 4 members (excludes halogenated alkanes) is 1. The van der Waals surface area contributed by atoms with Gasteiger partial charge in [0, 0.05) is 0 Å². The average Bonchev–Trinajstić information content (AvgIpc) is 1.69. The predicted molar refractivity (Wildman–Crippen MR) is 28.1 cm³/mol. The number of aliphatic hydroxyl groups excluding tert-OH is 1. The quantitative estimate of drug-likeness (QED) is 0.510. The summed E-state index contributed by atoms with van der Waals surface area (Å²) >= 11 is 0. The Hall–Kier alpha value is -0.710. The molecule has 0 aliphatic rings. The van der Waals surface area contributed by atoms with Crippen LogP contribution in [0.15, 0.2) is 0 Å². The highest BCUT2D eigenvalue weighted by Gasteiger charge is 1.56. The zero-order chi connectivity index (χ0) is 6.12. The fourth-order valence-corrected chi connectivity index (χ4v) is 0. The molecule has 0 aromatic heterocycles. The number of nitriles is 1. The maximum Gasteiger partial charge on any atom is 0.283 e. The molecule has 0 aliphatic carbocycles. The van der Waals surface area contributed by atoms with Crippen molar-refractivity contribution in [2.45, 2.75) is 26.7 Å². The summed E-state index contributed by atoms with van der Waals surface area (Å²) in [5.74, 6) is 0. The van der Waals surface area contributed by atoms with Gasteiger partial charge in [-0.25, -0.2) is 0 Å². The molecule has 0 amide bonds. The molecule has 0 atom stereocenters. The summed E-state index contributed by atoms with van der Waals surface area (Å²) in [5.41, 5.74) is 0. The van der Waals surface area contributed by atoms with E-state index in [2.05, 4.69) is 13.8 Å². The summed E-state index contributed by atoms with van der Waals surface area (Å²) in [6, 6.07) is 0. The molecule has 42 valence electrons. The lowest BCUT2D eigenvalue weighted by atomic mass is 10.4. The molecule has 0 radical (unpaired) electrons. The Morgan fingerprint density at radius 3 is 1.57 bits per heavy atom. The Labute approximate surface area is 44.4 Å². The van der Waals surface area contributed by atoms with E-state index in [1.54, 1.807) is 0 Å². The van der Waals surface area contributed by atoms with E-state index in [-0.39, 0.29) is 0 Å². The molecule has 2 nitrogen and oxygen atoms in total. The third kappa shape index (κ3) is 681. The number of hydrogen-bond donors (Lipinski definition) is 1. The highest BCUT2D eigenvalue weighted by molar-refractivity contribution is 4.30. The van der Waals surface area contributed by atoms with Gasteiger partial charge < -0.3 is 5.11 Å². The van der Waals surface area contributed by atoms with E-state index in [1.165, 1.54) is 12.8 Å². The summed E-state index contributed by atoms with van der Waals surface area (Å²) in [6.45, 7) is 4.36. The van der Waals surface area contributed by atoms with Crippen molar-refractivity contribution in [3.05, 3.63) is 0 Å². The van der Waals surface area contributed by atoms with Crippen molar-refractivity contribution in [1.29, 1.82) is 5.26 Å². The van der Waals surface area contributed by atoms with Crippen LogP contribution in [0.3, 0.4) is 0 Å². The van der Waals surface area contributed by atoms with E-state index >= 15 is 0 Å². The van der Waals surface area contributed by atoms with E-state index in [0.29, 0.717) is 0 Å². The molecule has 0 aromatic rings. The third-order valence-corrected chi connectivity index (χ3v) is 0.500. The summed E-state index contributed by atoms with van der Waals surface area (Å²) in [7, 11) is 0. The lowest BCUT2D eigenvalue weighted by Gasteiger charge is -1.68. The minimum absolute atomic E-state index is 0.750. The van der Waals surface area contributed by atoms with Crippen LogP contribution >= 0.6 is 0 Å². The molecule has 1 N–H and O–H groups in total. The van der Waals surface area contributed by atoms with Gasteiger partial charge in [-0.1, -0.05) is 26.7 Å². The van der Waals surface area contributed by atoms with Gasteiger partial charge in [-0.05, 0) is 0 Å². The van der Waals surface area contributed by atoms with Crippen LogP contribution in [-0.2, 0) is 0 Å². The standard InChI is InChI=1S/C4H10.CHNO/c1-3-4-2;2-1-3/h3-4H2,1-2H3;3H. The van der Waals surface area contributed by atoms with Crippen molar-refractivity contribution in [3.8, 4) is 6.26 Å². The highest BCUT2D eigenvalue weighted by atomic mass is 16.2. The number of hydrogen-bond acceptors (Lipinski definition) is 2. The number of nitrogens with zero attached hydrogens (tertiary/aromatic N) is 1. The monoisotopic (exact) mass is 101 g/mol. The van der Waals surface area contributed by atoms with Crippen LogP contribution in [0.2, 0.25) is 0 Å². The van der Waals surface area contributed by atoms with Gasteiger partial charge in [0.05, 0.1) is 0 Å². The lowest BCUT2D eigenvalue weighted by Crippen LogP contribution is -1.47. The summed E-state index contributed by atoms with van der Waals surface area (Å²) in [5, 5.41) is 13.8. The van der Waals surface area contributed by atoms with E-state index in [0.717, 1.165) is 6.26 Å². The van der Waals surface area contributed by atoms with Gasteiger partial charge >= 0.3 is 0 Å². The van der Waals surface area contributed by atoms with Gasteiger partial charge in [-0.2, -0.15) is 5.26 Å². The largest absolute Gasteiger partial charge is 0.443 e. The zero-order valence-electron chi connectivity index (χ0n) is 4.81. The molecule has 0 saturated heterocycles. The molecule has 7 heavy (non-hydrogen) atoms. The zero-order valence-corrected chi connectivity index (χ0v) is 4.81. The van der Waals surface area contributed by atoms with Crippen LogP contribution in [0.5, 0.6) is 0 Å². The number of rotatable bonds is 1. The van der Waals surface area contributed by atoms with E-state index < -0.39 is 0 Å². The topological polar surface area (TPSA) is 44.0 Å². The molecule has 0 rings (SSSR count). The van der Waals surface area contributed by atoms with Crippen LogP contribution in [-0.4, -0.2) is 5.11 Å². The average molecular weight is 101 g/mol. The van der Waals surface area contributed by atoms with Gasteiger partial charge in [-0.3, -0.25) is 0 Å². The van der Waals surface area contributed by atoms with Crippen molar-refractivity contribution in [1.82, 2.24) is 0 Å². The Balaban J connectivity index is 0. The van der Waals surface area contributed by atoms with Crippen molar-refractivity contribution < 1.29 is 5.11 Å². The van der Waals surface area contributed by atoms with Crippen LogP contribution in [0, 0.1) is 11.5 Å². The Morgan fingerprint density at radius 2 is 1.57 bits per heavy atom. The molecule has 0 unspecified atom stereocenters. The molecule has 2 heteroatoms. The fraction of sp³-hybridized carbons (Fsp3) is 0.800. The van der Waals surface area contributed by atoms with Gasteiger partial charge in [-0.15, -0.1) is 0 Å². The Bertz CT molecular complexity index is 44.5. The lowest BCUT2D eigenvalue weighted by molar-refractivity contribution is 0.503. The Morgan fingerprint density at radius 1 is 1.43 bits per heavy atom. The number of aliphatic hydroxyl groups is 1. The minimum atomic E-state index is 0.750. The smallest absolute Gasteiger partial charge is 0.283 e. The van der Waals surface area contributed by atoms with Crippen LogP contribution < -0.4 is 0 Å². The maximum atomic E-state index is 6.88. The molecule has 0 aromatic carbocycles. The summed E-state index contributed by atoms with van der Waals surface area (Å²) < 4.78 is 0. The van der Waals surface area contributed by atoms with Crippen LogP contribution in [0.25, 0.3) is 0 Å². The molecule has 0 bridgehead atoms. The predicted octanol–water partition coefficient (Wildman–Crippen LogP) is 1.65. The van der Waals surface area contributed by atoms with Crippen molar-refractivity contribution in [2.24, 2.45) is 0 Å². The van der Waals surface area contributed by atoms with Crippen LogP contribution in [0.4, 0.5) is 0 Å². The maximum absolute atomic E-state index is 6.88. The SMILES string of the molecule is CCCC.N#CO. The normalized spacial score (nSPS) is 5.29. The van der Waals surface area contributed by atoms with E-state index in [4.69, 9.17) is 10.4 Å². The van der Waals surface area contributed by atoms with Crippen molar-refractivity contribution in [3.63, 3.8) is 0 Å². The van der Waals surface area contributed by atoms with Crippen molar-refractivity contribution in [2.75, 3.05) is 0 Å². The van der Waals surface area contributed by atoms with Crippen LogP contribution in [0.1, 0.15) is 26.7 Å².